The smallest absolute Gasteiger partial charge is 0.224 e. The molecule has 2 fully saturated rings. The Morgan fingerprint density at radius 3 is 2.78 bits per heavy atom. The van der Waals surface area contributed by atoms with Gasteiger partial charge in [0.25, 0.3) is 0 Å². The molecule has 128 valence electrons. The Labute approximate surface area is 138 Å². The number of carbonyl (C=O) groups excluding carboxylic acids is 1. The van der Waals surface area contributed by atoms with Crippen LogP contribution < -0.4 is 0 Å². The zero-order chi connectivity index (χ0) is 16.1. The third kappa shape index (κ3) is 4.54. The maximum atomic E-state index is 12.5. The molecule has 3 rings (SSSR count). The van der Waals surface area contributed by atoms with Crippen LogP contribution >= 0.6 is 0 Å². The van der Waals surface area contributed by atoms with E-state index < -0.39 is 0 Å². The van der Waals surface area contributed by atoms with Crippen LogP contribution in [0.3, 0.4) is 0 Å². The van der Waals surface area contributed by atoms with Gasteiger partial charge >= 0.3 is 0 Å². The van der Waals surface area contributed by atoms with Crippen LogP contribution in [0.2, 0.25) is 0 Å². The quantitative estimate of drug-likeness (QED) is 0.920. The largest absolute Gasteiger partial charge is 0.367 e. The first kappa shape index (κ1) is 16.5. The summed E-state index contributed by atoms with van der Waals surface area (Å²) in [5.74, 6) is 1.07. The van der Waals surface area contributed by atoms with Gasteiger partial charge in [-0.05, 0) is 32.9 Å². The average Bonchev–Trinajstić information content (AvgIpc) is 2.84. The Kier molecular flexibility index (Phi) is 5.67. The molecule has 1 atom stereocenters. The number of hydrogen-bond acceptors (Lipinski definition) is 4. The lowest BCUT2D eigenvalue weighted by molar-refractivity contribution is -0.139. The zero-order valence-electron chi connectivity index (χ0n) is 14.1. The van der Waals surface area contributed by atoms with Crippen molar-refractivity contribution in [3.63, 3.8) is 0 Å². The molecule has 1 amide bonds. The minimum absolute atomic E-state index is 0.125. The number of nitrogens with zero attached hydrogens (tertiary/aromatic N) is 3. The molecule has 6 nitrogen and oxygen atoms in total. The number of hydrogen-bond donors (Lipinski definition) is 1. The summed E-state index contributed by atoms with van der Waals surface area (Å²) in [6.07, 6.45) is 7.50. The van der Waals surface area contributed by atoms with Crippen molar-refractivity contribution in [3.8, 4) is 0 Å². The van der Waals surface area contributed by atoms with Crippen molar-refractivity contribution in [2.75, 3.05) is 39.3 Å². The van der Waals surface area contributed by atoms with Gasteiger partial charge in [0.2, 0.25) is 5.91 Å². The van der Waals surface area contributed by atoms with E-state index in [1.165, 1.54) is 25.7 Å². The maximum absolute atomic E-state index is 12.5. The average molecular weight is 320 g/mol. The Bertz CT molecular complexity index is 508. The van der Waals surface area contributed by atoms with E-state index in [0.717, 1.165) is 31.2 Å². The summed E-state index contributed by atoms with van der Waals surface area (Å²) in [7, 11) is 0. The number of H-pyrrole nitrogens is 1. The predicted molar refractivity (Wildman–Crippen MR) is 88.1 cm³/mol. The molecule has 0 radical (unpaired) electrons. The van der Waals surface area contributed by atoms with E-state index in [0.29, 0.717) is 26.1 Å². The number of ether oxygens (including phenoxy) is 1. The van der Waals surface area contributed by atoms with Gasteiger partial charge in [0.1, 0.15) is 11.9 Å². The van der Waals surface area contributed by atoms with Gasteiger partial charge in [0.05, 0.1) is 13.2 Å². The number of likely N-dealkylation sites (tertiary alicyclic amines) is 1. The van der Waals surface area contributed by atoms with Gasteiger partial charge in [0.15, 0.2) is 0 Å². The van der Waals surface area contributed by atoms with E-state index >= 15 is 0 Å². The molecule has 2 aliphatic heterocycles. The van der Waals surface area contributed by atoms with Crippen LogP contribution in [-0.2, 0) is 9.53 Å². The molecule has 2 aliphatic rings. The first-order valence-electron chi connectivity index (χ1n) is 8.85. The number of carbonyl (C=O) groups is 1. The van der Waals surface area contributed by atoms with Gasteiger partial charge in [-0.25, -0.2) is 4.98 Å². The Balaban J connectivity index is 1.48. The normalized spacial score (nSPS) is 23.7. The summed E-state index contributed by atoms with van der Waals surface area (Å²) >= 11 is 0. The molecule has 1 N–H and O–H groups in total. The van der Waals surface area contributed by atoms with Crippen LogP contribution in [0.5, 0.6) is 0 Å². The molecule has 2 saturated heterocycles. The first-order valence-corrected chi connectivity index (χ1v) is 8.85. The van der Waals surface area contributed by atoms with Gasteiger partial charge in [-0.15, -0.1) is 0 Å². The second-order valence-corrected chi connectivity index (χ2v) is 6.66. The highest BCUT2D eigenvalue weighted by Crippen LogP contribution is 2.20. The Morgan fingerprint density at radius 1 is 1.30 bits per heavy atom. The van der Waals surface area contributed by atoms with Crippen molar-refractivity contribution < 1.29 is 9.53 Å². The maximum Gasteiger partial charge on any atom is 0.224 e. The van der Waals surface area contributed by atoms with Crippen LogP contribution in [0.15, 0.2) is 6.20 Å². The first-order chi connectivity index (χ1) is 11.2. The molecule has 1 aromatic heterocycles. The monoisotopic (exact) mass is 320 g/mol. The van der Waals surface area contributed by atoms with Crippen molar-refractivity contribution in [2.45, 2.75) is 45.1 Å². The minimum atomic E-state index is -0.125. The molecule has 0 aliphatic carbocycles. The summed E-state index contributed by atoms with van der Waals surface area (Å²) in [4.78, 5) is 24.4. The highest BCUT2D eigenvalue weighted by Gasteiger charge is 2.27. The van der Waals surface area contributed by atoms with E-state index in [2.05, 4.69) is 14.9 Å². The number of imidazole rings is 1. The zero-order valence-corrected chi connectivity index (χ0v) is 14.1. The lowest BCUT2D eigenvalue weighted by Crippen LogP contribution is -2.43. The molecule has 0 saturated carbocycles. The molecular weight excluding hydrogens is 292 g/mol. The van der Waals surface area contributed by atoms with E-state index in [1.807, 2.05) is 11.8 Å². The van der Waals surface area contributed by atoms with Crippen LogP contribution in [0.25, 0.3) is 0 Å². The molecule has 0 unspecified atom stereocenters. The number of aromatic amines is 1. The number of aryl methyl sites for hydroxylation is 1. The van der Waals surface area contributed by atoms with E-state index in [1.54, 1.807) is 6.20 Å². The highest BCUT2D eigenvalue weighted by atomic mass is 16.5. The number of rotatable bonds is 4. The molecule has 3 heterocycles. The second-order valence-electron chi connectivity index (χ2n) is 6.66. The summed E-state index contributed by atoms with van der Waals surface area (Å²) in [6, 6.07) is 0. The van der Waals surface area contributed by atoms with Crippen LogP contribution in [-0.4, -0.2) is 65.0 Å². The number of nitrogens with one attached hydrogen (secondary N) is 1. The molecule has 23 heavy (non-hydrogen) atoms. The summed E-state index contributed by atoms with van der Waals surface area (Å²) < 4.78 is 5.77. The summed E-state index contributed by atoms with van der Waals surface area (Å²) in [5, 5.41) is 0. The van der Waals surface area contributed by atoms with Gasteiger partial charge in [-0.2, -0.15) is 0 Å². The van der Waals surface area contributed by atoms with Crippen LogP contribution in [0.1, 0.15) is 49.7 Å². The molecular formula is C17H28N4O2. The minimum Gasteiger partial charge on any atom is -0.367 e. The molecule has 0 aromatic carbocycles. The summed E-state index contributed by atoms with van der Waals surface area (Å²) in [5.41, 5.74) is 1.02. The Hall–Kier alpha value is -1.40. The fraction of sp³-hybridized carbons (Fsp3) is 0.765. The Morgan fingerprint density at radius 2 is 2.09 bits per heavy atom. The molecule has 0 bridgehead atoms. The van der Waals surface area contributed by atoms with E-state index in [4.69, 9.17) is 4.74 Å². The van der Waals surface area contributed by atoms with Crippen molar-refractivity contribution in [1.82, 2.24) is 19.8 Å². The molecule has 6 heteroatoms. The van der Waals surface area contributed by atoms with Crippen LogP contribution in [0.4, 0.5) is 0 Å². The fourth-order valence-electron chi connectivity index (χ4n) is 3.41. The second kappa shape index (κ2) is 7.93. The van der Waals surface area contributed by atoms with Gasteiger partial charge < -0.3 is 19.5 Å². The van der Waals surface area contributed by atoms with E-state index in [-0.39, 0.29) is 12.0 Å². The van der Waals surface area contributed by atoms with Crippen molar-refractivity contribution in [1.29, 1.82) is 0 Å². The molecule has 0 spiro atoms. The number of morpholine rings is 1. The fourth-order valence-corrected chi connectivity index (χ4v) is 3.41. The molecule has 1 aromatic rings. The highest BCUT2D eigenvalue weighted by molar-refractivity contribution is 5.76. The number of aromatic nitrogens is 2. The van der Waals surface area contributed by atoms with Crippen LogP contribution in [0, 0.1) is 6.92 Å². The third-order valence-electron chi connectivity index (χ3n) is 4.79. The van der Waals surface area contributed by atoms with Crippen molar-refractivity contribution in [2.24, 2.45) is 0 Å². The van der Waals surface area contributed by atoms with Gasteiger partial charge in [-0.1, -0.05) is 12.8 Å². The lowest BCUT2D eigenvalue weighted by Gasteiger charge is -2.32. The predicted octanol–water partition coefficient (Wildman–Crippen LogP) is 1.88. The van der Waals surface area contributed by atoms with E-state index in [9.17, 15) is 4.79 Å². The standard InChI is InChI=1S/C17H28N4O2/c1-14-12-18-17(19-14)15-13-21(10-11-23-15)16(22)6-9-20-7-4-2-3-5-8-20/h12,15H,2-11,13H2,1H3,(H,18,19)/t15-/m0/s1. The van der Waals surface area contributed by atoms with Gasteiger partial charge in [-0.3, -0.25) is 4.79 Å². The topological polar surface area (TPSA) is 61.5 Å². The van der Waals surface area contributed by atoms with Gasteiger partial charge in [0, 0.05) is 31.4 Å². The van der Waals surface area contributed by atoms with Crippen molar-refractivity contribution >= 4 is 5.91 Å². The third-order valence-corrected chi connectivity index (χ3v) is 4.79. The lowest BCUT2D eigenvalue weighted by atomic mass is 10.2. The summed E-state index contributed by atoms with van der Waals surface area (Å²) in [6.45, 7) is 7.03. The van der Waals surface area contributed by atoms with Crippen molar-refractivity contribution in [3.05, 3.63) is 17.7 Å². The number of amides is 1. The SMILES string of the molecule is Cc1cnc([C@@H]2CN(C(=O)CCN3CCCCCC3)CCO2)[nH]1.